The van der Waals surface area contributed by atoms with Gasteiger partial charge in [0.2, 0.25) is 5.82 Å². The molecular weight excluding hydrogens is 386 g/mol. The average Bonchev–Trinajstić information content (AvgIpc) is 3.40. The van der Waals surface area contributed by atoms with Crippen molar-refractivity contribution in [1.29, 1.82) is 0 Å². The Bertz CT molecular complexity index is 1120. The van der Waals surface area contributed by atoms with E-state index in [9.17, 15) is 0 Å². The van der Waals surface area contributed by atoms with Crippen LogP contribution in [-0.4, -0.2) is 25.1 Å². The Hall–Kier alpha value is -2.55. The van der Waals surface area contributed by atoms with Gasteiger partial charge in [0.05, 0.1) is 23.7 Å². The molecule has 0 radical (unpaired) electrons. The topological polar surface area (TPSA) is 78.9 Å². The molecule has 136 valence electrons. The van der Waals surface area contributed by atoms with Crippen molar-refractivity contribution in [2.45, 2.75) is 26.2 Å². The van der Waals surface area contributed by atoms with Crippen molar-refractivity contribution in [3.05, 3.63) is 57.6 Å². The number of thiophene rings is 1. The Balaban J connectivity index is 1.43. The van der Waals surface area contributed by atoms with E-state index in [4.69, 9.17) is 20.9 Å². The summed E-state index contributed by atoms with van der Waals surface area (Å²) in [5, 5.41) is 13.3. The van der Waals surface area contributed by atoms with Crippen LogP contribution in [0.15, 0.2) is 40.9 Å². The summed E-state index contributed by atoms with van der Waals surface area (Å²) in [6, 6.07) is 11.7. The van der Waals surface area contributed by atoms with Gasteiger partial charge in [0.25, 0.3) is 5.89 Å². The second-order valence-corrected chi connectivity index (χ2v) is 7.92. The Morgan fingerprint density at radius 3 is 2.93 bits per heavy atom. The van der Waals surface area contributed by atoms with Crippen LogP contribution in [0.3, 0.4) is 0 Å². The van der Waals surface area contributed by atoms with Crippen molar-refractivity contribution in [3.8, 4) is 22.3 Å². The maximum atomic E-state index is 6.29. The molecule has 0 spiro atoms. The Morgan fingerprint density at radius 1 is 1.22 bits per heavy atom. The molecule has 4 aromatic rings. The summed E-state index contributed by atoms with van der Waals surface area (Å²) >= 11 is 7.90. The van der Waals surface area contributed by atoms with Crippen LogP contribution in [-0.2, 0) is 17.9 Å². The highest BCUT2D eigenvalue weighted by Crippen LogP contribution is 2.34. The zero-order valence-corrected chi connectivity index (χ0v) is 15.9. The molecule has 5 rings (SSSR count). The highest BCUT2D eigenvalue weighted by atomic mass is 35.5. The fourth-order valence-electron chi connectivity index (χ4n) is 3.08. The van der Waals surface area contributed by atoms with Gasteiger partial charge in [-0.25, -0.2) is 4.68 Å². The first-order chi connectivity index (χ1) is 13.2. The molecule has 1 atom stereocenters. The van der Waals surface area contributed by atoms with E-state index < -0.39 is 0 Å². The number of benzene rings is 1. The zero-order valence-electron chi connectivity index (χ0n) is 14.3. The molecule has 0 saturated heterocycles. The molecule has 1 unspecified atom stereocenters. The summed E-state index contributed by atoms with van der Waals surface area (Å²) in [6.45, 7) is 2.91. The van der Waals surface area contributed by atoms with Crippen molar-refractivity contribution in [2.24, 2.45) is 0 Å². The third-order valence-electron chi connectivity index (χ3n) is 4.44. The monoisotopic (exact) mass is 399 g/mol. The molecular formula is C18H14ClN5O2S. The molecule has 1 aliphatic rings. The number of fused-ring (bicyclic) bond motifs is 1. The van der Waals surface area contributed by atoms with E-state index >= 15 is 0 Å². The van der Waals surface area contributed by atoms with Crippen LogP contribution >= 0.6 is 22.9 Å². The lowest BCUT2D eigenvalue weighted by Gasteiger charge is -2.24. The zero-order chi connectivity index (χ0) is 18.4. The number of ether oxygens (including phenoxy) is 1. The summed E-state index contributed by atoms with van der Waals surface area (Å²) in [7, 11) is 0. The third-order valence-corrected chi connectivity index (χ3v) is 5.77. The minimum atomic E-state index is -0.171. The van der Waals surface area contributed by atoms with E-state index in [2.05, 4.69) is 20.5 Å². The van der Waals surface area contributed by atoms with Gasteiger partial charge < -0.3 is 9.26 Å². The predicted octanol–water partition coefficient (Wildman–Crippen LogP) is 4.29. The van der Waals surface area contributed by atoms with Gasteiger partial charge in [0, 0.05) is 15.5 Å². The lowest BCUT2D eigenvalue weighted by atomic mass is 10.1. The first kappa shape index (κ1) is 16.6. The number of halogens is 1. The summed E-state index contributed by atoms with van der Waals surface area (Å²) in [6.07, 6.45) is -0.171. The minimum Gasteiger partial charge on any atom is -0.365 e. The smallest absolute Gasteiger partial charge is 0.268 e. The molecule has 3 aromatic heterocycles. The molecule has 27 heavy (non-hydrogen) atoms. The Labute approximate surface area is 163 Å². The Morgan fingerprint density at radius 2 is 2.11 bits per heavy atom. The minimum absolute atomic E-state index is 0.171. The standard InChI is InChI=1S/C18H14ClN5O2S/c1-10-6-7-15(27-10)18-20-17(22-26-18)16-13-9-25-14(8-24(13)23-21-16)11-4-2-3-5-12(11)19/h2-7,14H,8-9H2,1H3. The fraction of sp³-hybridized carbons (Fsp3) is 0.222. The molecule has 0 aliphatic carbocycles. The number of hydrogen-bond acceptors (Lipinski definition) is 7. The van der Waals surface area contributed by atoms with Gasteiger partial charge in [0.15, 0.2) is 5.69 Å². The SMILES string of the molecule is Cc1ccc(-c2nc(-c3nnn4c3COC(c3ccccc3Cl)C4)no2)s1. The van der Waals surface area contributed by atoms with Gasteiger partial charge in [-0.05, 0) is 25.1 Å². The number of hydrogen-bond donors (Lipinski definition) is 0. The molecule has 0 amide bonds. The fourth-order valence-corrected chi connectivity index (χ4v) is 4.13. The van der Waals surface area contributed by atoms with E-state index in [0.717, 1.165) is 16.1 Å². The quantitative estimate of drug-likeness (QED) is 0.511. The van der Waals surface area contributed by atoms with Gasteiger partial charge in [-0.2, -0.15) is 4.98 Å². The summed E-state index contributed by atoms with van der Waals surface area (Å²) < 4.78 is 13.2. The maximum absolute atomic E-state index is 6.29. The van der Waals surface area contributed by atoms with Gasteiger partial charge in [-0.1, -0.05) is 40.2 Å². The summed E-state index contributed by atoms with van der Waals surface area (Å²) in [5.41, 5.74) is 2.35. The average molecular weight is 400 g/mol. The van der Waals surface area contributed by atoms with E-state index in [1.54, 1.807) is 11.3 Å². The van der Waals surface area contributed by atoms with Crippen molar-refractivity contribution in [2.75, 3.05) is 0 Å². The van der Waals surface area contributed by atoms with Gasteiger partial charge in [0.1, 0.15) is 6.10 Å². The van der Waals surface area contributed by atoms with E-state index in [0.29, 0.717) is 35.6 Å². The number of aromatic nitrogens is 5. The third kappa shape index (κ3) is 2.95. The van der Waals surface area contributed by atoms with Crippen molar-refractivity contribution >= 4 is 22.9 Å². The Kier molecular flexibility index (Phi) is 4.04. The highest BCUT2D eigenvalue weighted by molar-refractivity contribution is 7.15. The van der Waals surface area contributed by atoms with Gasteiger partial charge in [-0.15, -0.1) is 16.4 Å². The number of nitrogens with zero attached hydrogens (tertiary/aromatic N) is 5. The van der Waals surface area contributed by atoms with E-state index in [-0.39, 0.29) is 6.10 Å². The summed E-state index contributed by atoms with van der Waals surface area (Å²) in [4.78, 5) is 6.59. The van der Waals surface area contributed by atoms with Crippen LogP contribution in [0.5, 0.6) is 0 Å². The molecule has 4 heterocycles. The normalized spacial score (nSPS) is 16.4. The highest BCUT2D eigenvalue weighted by Gasteiger charge is 2.28. The molecule has 0 bridgehead atoms. The van der Waals surface area contributed by atoms with E-state index in [1.807, 2.05) is 48.0 Å². The van der Waals surface area contributed by atoms with Gasteiger partial charge >= 0.3 is 0 Å². The van der Waals surface area contributed by atoms with Crippen LogP contribution in [0.25, 0.3) is 22.3 Å². The van der Waals surface area contributed by atoms with Crippen molar-refractivity contribution < 1.29 is 9.26 Å². The van der Waals surface area contributed by atoms with Crippen molar-refractivity contribution in [1.82, 2.24) is 25.1 Å². The number of aryl methyl sites for hydroxylation is 1. The predicted molar refractivity (Wildman–Crippen MR) is 100 cm³/mol. The molecule has 9 heteroatoms. The molecule has 1 aromatic carbocycles. The maximum Gasteiger partial charge on any atom is 0.268 e. The molecule has 0 saturated carbocycles. The molecule has 1 aliphatic heterocycles. The molecule has 0 fully saturated rings. The first-order valence-electron chi connectivity index (χ1n) is 8.38. The largest absolute Gasteiger partial charge is 0.365 e. The second kappa shape index (κ2) is 6.56. The molecule has 0 N–H and O–H groups in total. The van der Waals surface area contributed by atoms with Crippen molar-refractivity contribution in [3.63, 3.8) is 0 Å². The first-order valence-corrected chi connectivity index (χ1v) is 9.58. The van der Waals surface area contributed by atoms with Crippen LogP contribution < -0.4 is 0 Å². The van der Waals surface area contributed by atoms with Crippen LogP contribution in [0.4, 0.5) is 0 Å². The van der Waals surface area contributed by atoms with E-state index in [1.165, 1.54) is 4.88 Å². The lowest BCUT2D eigenvalue weighted by molar-refractivity contribution is -0.00106. The van der Waals surface area contributed by atoms with Gasteiger partial charge in [-0.3, -0.25) is 0 Å². The summed E-state index contributed by atoms with van der Waals surface area (Å²) in [5.74, 6) is 0.896. The second-order valence-electron chi connectivity index (χ2n) is 6.22. The van der Waals surface area contributed by atoms with Crippen LogP contribution in [0, 0.1) is 6.92 Å². The molecule has 7 nitrogen and oxygen atoms in total. The van der Waals surface area contributed by atoms with Crippen LogP contribution in [0.2, 0.25) is 5.02 Å². The lowest BCUT2D eigenvalue weighted by Crippen LogP contribution is -2.22. The number of rotatable bonds is 3. The van der Waals surface area contributed by atoms with Crippen LogP contribution in [0.1, 0.15) is 22.2 Å².